The highest BCUT2D eigenvalue weighted by Crippen LogP contribution is 2.48. The quantitative estimate of drug-likeness (QED) is 0.736. The van der Waals surface area contributed by atoms with E-state index in [1.807, 2.05) is 0 Å². The van der Waals surface area contributed by atoms with Gasteiger partial charge in [0, 0.05) is 6.04 Å². The van der Waals surface area contributed by atoms with Crippen molar-refractivity contribution >= 4 is 12.1 Å². The summed E-state index contributed by atoms with van der Waals surface area (Å²) in [7, 11) is 0. The number of aliphatic carboxylic acids is 1. The summed E-state index contributed by atoms with van der Waals surface area (Å²) in [6.07, 6.45) is 0.993. The van der Waals surface area contributed by atoms with Gasteiger partial charge in [-0.3, -0.25) is 4.90 Å². The molecule has 0 aromatic rings. The number of nitrogens with zero attached hydrogens (tertiary/aromatic N) is 1. The van der Waals surface area contributed by atoms with Crippen LogP contribution in [0.4, 0.5) is 4.79 Å². The van der Waals surface area contributed by atoms with E-state index in [1.165, 1.54) is 4.90 Å². The van der Waals surface area contributed by atoms with Crippen molar-refractivity contribution in [1.29, 1.82) is 0 Å². The Kier molecular flexibility index (Phi) is 2.36. The molecule has 1 saturated carbocycles. The number of carboxylic acids is 1. The fourth-order valence-electron chi connectivity index (χ4n) is 2.25. The van der Waals surface area contributed by atoms with Gasteiger partial charge in [0.15, 0.2) is 0 Å². The van der Waals surface area contributed by atoms with Gasteiger partial charge < -0.3 is 9.84 Å². The molecule has 2 aliphatic rings. The standard InChI is InChI=1S/C11H17NO4/c1-11(2,3)16-10(15)12-7-4-6(7)5-8(12)9(13)14/h6-8H,4-5H2,1-3H3,(H,13,14)/t6?,7?,8-/m0/s1. The second-order valence-electron chi connectivity index (χ2n) is 5.54. The van der Waals surface area contributed by atoms with E-state index in [-0.39, 0.29) is 6.04 Å². The van der Waals surface area contributed by atoms with E-state index >= 15 is 0 Å². The number of hydrogen-bond acceptors (Lipinski definition) is 3. The number of carbonyl (C=O) groups is 2. The number of fused-ring (bicyclic) bond motifs is 1. The van der Waals surface area contributed by atoms with Crippen molar-refractivity contribution in [3.63, 3.8) is 0 Å². The predicted molar refractivity (Wildman–Crippen MR) is 56.0 cm³/mol. The smallest absolute Gasteiger partial charge is 0.411 e. The molecule has 1 amide bonds. The number of carboxylic acid groups (broad SMARTS) is 1. The molecule has 0 radical (unpaired) electrons. The first-order valence-electron chi connectivity index (χ1n) is 5.54. The third-order valence-electron chi connectivity index (χ3n) is 2.99. The number of amides is 1. The number of rotatable bonds is 1. The van der Waals surface area contributed by atoms with Crippen LogP contribution in [0.25, 0.3) is 0 Å². The minimum absolute atomic E-state index is 0.0935. The summed E-state index contributed by atoms with van der Waals surface area (Å²) in [4.78, 5) is 24.3. The minimum atomic E-state index is -0.932. The van der Waals surface area contributed by atoms with Gasteiger partial charge in [-0.25, -0.2) is 9.59 Å². The Morgan fingerprint density at radius 1 is 1.31 bits per heavy atom. The molecule has 1 aliphatic carbocycles. The van der Waals surface area contributed by atoms with Gasteiger partial charge in [-0.05, 0) is 39.5 Å². The second-order valence-corrected chi connectivity index (χ2v) is 5.54. The molecule has 0 aromatic heterocycles. The molecule has 3 atom stereocenters. The van der Waals surface area contributed by atoms with Crippen LogP contribution in [0.2, 0.25) is 0 Å². The Labute approximate surface area is 94.4 Å². The summed E-state index contributed by atoms with van der Waals surface area (Å²) < 4.78 is 5.22. The highest BCUT2D eigenvalue weighted by atomic mass is 16.6. The van der Waals surface area contributed by atoms with Crippen LogP contribution in [0, 0.1) is 5.92 Å². The molecule has 1 saturated heterocycles. The highest BCUT2D eigenvalue weighted by Gasteiger charge is 2.57. The van der Waals surface area contributed by atoms with E-state index in [9.17, 15) is 9.59 Å². The molecular formula is C11H17NO4. The molecule has 90 valence electrons. The van der Waals surface area contributed by atoms with E-state index in [0.717, 1.165) is 6.42 Å². The summed E-state index contributed by atoms with van der Waals surface area (Å²) in [6.45, 7) is 5.34. The lowest BCUT2D eigenvalue weighted by Crippen LogP contribution is -2.45. The fourth-order valence-corrected chi connectivity index (χ4v) is 2.25. The third kappa shape index (κ3) is 1.99. The highest BCUT2D eigenvalue weighted by molar-refractivity contribution is 5.82. The largest absolute Gasteiger partial charge is 0.480 e. The molecule has 0 aromatic carbocycles. The van der Waals surface area contributed by atoms with Crippen LogP contribution in [0.15, 0.2) is 0 Å². The lowest BCUT2D eigenvalue weighted by atomic mass is 10.2. The van der Waals surface area contributed by atoms with E-state index in [2.05, 4.69) is 0 Å². The van der Waals surface area contributed by atoms with E-state index < -0.39 is 23.7 Å². The first-order valence-corrected chi connectivity index (χ1v) is 5.54. The zero-order valence-corrected chi connectivity index (χ0v) is 9.77. The van der Waals surface area contributed by atoms with Gasteiger partial charge in [-0.1, -0.05) is 0 Å². The Morgan fingerprint density at radius 2 is 1.94 bits per heavy atom. The van der Waals surface area contributed by atoms with Crippen LogP contribution in [-0.2, 0) is 9.53 Å². The van der Waals surface area contributed by atoms with Crippen LogP contribution in [-0.4, -0.2) is 39.8 Å². The molecule has 16 heavy (non-hydrogen) atoms. The fraction of sp³-hybridized carbons (Fsp3) is 0.818. The number of likely N-dealkylation sites (tertiary alicyclic amines) is 1. The molecule has 2 fully saturated rings. The third-order valence-corrected chi connectivity index (χ3v) is 2.99. The molecule has 1 N–H and O–H groups in total. The Balaban J connectivity index is 2.07. The second kappa shape index (κ2) is 3.37. The lowest BCUT2D eigenvalue weighted by Gasteiger charge is -2.28. The van der Waals surface area contributed by atoms with Crippen LogP contribution in [0.1, 0.15) is 33.6 Å². The Morgan fingerprint density at radius 3 is 2.44 bits per heavy atom. The maximum absolute atomic E-state index is 11.9. The molecule has 1 aliphatic heterocycles. The van der Waals surface area contributed by atoms with Crippen molar-refractivity contribution in [2.24, 2.45) is 5.92 Å². The molecule has 2 unspecified atom stereocenters. The predicted octanol–water partition coefficient (Wildman–Crippen LogP) is 1.47. The van der Waals surface area contributed by atoms with Crippen molar-refractivity contribution < 1.29 is 19.4 Å². The van der Waals surface area contributed by atoms with Gasteiger partial charge in [0.2, 0.25) is 0 Å². The van der Waals surface area contributed by atoms with Gasteiger partial charge in [-0.2, -0.15) is 0 Å². The number of carbonyl (C=O) groups excluding carboxylic acids is 1. The first-order chi connectivity index (χ1) is 7.29. The minimum Gasteiger partial charge on any atom is -0.480 e. The summed E-state index contributed by atoms with van der Waals surface area (Å²) in [5, 5.41) is 9.02. The van der Waals surface area contributed by atoms with Crippen molar-refractivity contribution in [3.8, 4) is 0 Å². The van der Waals surface area contributed by atoms with Gasteiger partial charge in [-0.15, -0.1) is 0 Å². The van der Waals surface area contributed by atoms with E-state index in [4.69, 9.17) is 9.84 Å². The van der Waals surface area contributed by atoms with E-state index in [1.54, 1.807) is 20.8 Å². The molecule has 0 bridgehead atoms. The van der Waals surface area contributed by atoms with Crippen LogP contribution in [0.5, 0.6) is 0 Å². The summed E-state index contributed by atoms with van der Waals surface area (Å²) >= 11 is 0. The van der Waals surface area contributed by atoms with Crippen molar-refractivity contribution in [2.75, 3.05) is 0 Å². The Hall–Kier alpha value is -1.26. The monoisotopic (exact) mass is 227 g/mol. The molecular weight excluding hydrogens is 210 g/mol. The maximum atomic E-state index is 11.9. The first kappa shape index (κ1) is 11.2. The molecule has 5 heteroatoms. The van der Waals surface area contributed by atoms with Crippen molar-refractivity contribution in [3.05, 3.63) is 0 Å². The normalized spacial score (nSPS) is 32.2. The van der Waals surface area contributed by atoms with Crippen LogP contribution >= 0.6 is 0 Å². The number of ether oxygens (including phenoxy) is 1. The van der Waals surface area contributed by atoms with E-state index in [0.29, 0.717) is 12.3 Å². The van der Waals surface area contributed by atoms with Crippen LogP contribution < -0.4 is 0 Å². The van der Waals surface area contributed by atoms with Gasteiger partial charge >= 0.3 is 12.1 Å². The van der Waals surface area contributed by atoms with Crippen molar-refractivity contribution in [1.82, 2.24) is 4.90 Å². The van der Waals surface area contributed by atoms with Gasteiger partial charge in [0.25, 0.3) is 0 Å². The topological polar surface area (TPSA) is 66.8 Å². The molecule has 2 rings (SSSR count). The Bertz CT molecular complexity index is 333. The summed E-state index contributed by atoms with van der Waals surface area (Å²) in [5.74, 6) is -0.563. The van der Waals surface area contributed by atoms with Gasteiger partial charge in [0.1, 0.15) is 11.6 Å². The lowest BCUT2D eigenvalue weighted by molar-refractivity contribution is -0.142. The number of hydrogen-bond donors (Lipinski definition) is 1. The maximum Gasteiger partial charge on any atom is 0.411 e. The zero-order chi connectivity index (χ0) is 12.1. The van der Waals surface area contributed by atoms with Gasteiger partial charge in [0.05, 0.1) is 0 Å². The average Bonchev–Trinajstić information content (AvgIpc) is 2.73. The molecule has 1 heterocycles. The molecule has 5 nitrogen and oxygen atoms in total. The summed E-state index contributed by atoms with van der Waals surface area (Å²) in [6, 6.07) is -0.602. The van der Waals surface area contributed by atoms with Crippen LogP contribution in [0.3, 0.4) is 0 Å². The zero-order valence-electron chi connectivity index (χ0n) is 9.77. The average molecular weight is 227 g/mol. The number of piperidine rings is 1. The summed E-state index contributed by atoms with van der Waals surface area (Å²) in [5.41, 5.74) is -0.576. The van der Waals surface area contributed by atoms with Crippen molar-refractivity contribution in [2.45, 2.75) is 51.3 Å². The molecule has 0 spiro atoms. The SMILES string of the molecule is CC(C)(C)OC(=O)N1C2CC2C[C@H]1C(=O)O.